The van der Waals surface area contributed by atoms with E-state index in [1.165, 1.54) is 12.1 Å². The molecule has 2 N–H and O–H groups in total. The van der Waals surface area contributed by atoms with E-state index in [4.69, 9.17) is 0 Å². The minimum absolute atomic E-state index is 0.183. The number of hydrogen-bond acceptors (Lipinski definition) is 4. The van der Waals surface area contributed by atoms with E-state index in [1.807, 2.05) is 19.1 Å². The molecule has 3 aromatic rings. The van der Waals surface area contributed by atoms with E-state index in [9.17, 15) is 9.18 Å². The van der Waals surface area contributed by atoms with E-state index in [0.29, 0.717) is 17.1 Å². The zero-order valence-corrected chi connectivity index (χ0v) is 13.6. The van der Waals surface area contributed by atoms with Crippen LogP contribution in [0.1, 0.15) is 28.9 Å². The Bertz CT molecular complexity index is 870. The van der Waals surface area contributed by atoms with Crippen LogP contribution >= 0.6 is 0 Å². The van der Waals surface area contributed by atoms with Crippen molar-refractivity contribution in [2.45, 2.75) is 13.0 Å². The van der Waals surface area contributed by atoms with Crippen LogP contribution in [0.3, 0.4) is 0 Å². The van der Waals surface area contributed by atoms with Crippen LogP contribution in [-0.2, 0) is 0 Å². The van der Waals surface area contributed by atoms with Gasteiger partial charge in [0.1, 0.15) is 11.6 Å². The molecule has 0 aliphatic heterocycles. The lowest BCUT2D eigenvalue weighted by atomic mass is 10.1. The van der Waals surface area contributed by atoms with Crippen LogP contribution in [0.4, 0.5) is 15.9 Å². The van der Waals surface area contributed by atoms with Gasteiger partial charge >= 0.3 is 0 Å². The van der Waals surface area contributed by atoms with Crippen LogP contribution in [0.2, 0.25) is 0 Å². The van der Waals surface area contributed by atoms with Gasteiger partial charge < -0.3 is 10.6 Å². The van der Waals surface area contributed by atoms with Gasteiger partial charge in [-0.05, 0) is 55.0 Å². The Morgan fingerprint density at radius 3 is 2.64 bits per heavy atom. The first-order chi connectivity index (χ1) is 12.1. The van der Waals surface area contributed by atoms with Gasteiger partial charge in [0.05, 0.1) is 11.6 Å². The van der Waals surface area contributed by atoms with E-state index < -0.39 is 0 Å². The zero-order chi connectivity index (χ0) is 17.6. The number of pyridine rings is 2. The lowest BCUT2D eigenvalue weighted by molar-refractivity contribution is 0.0940. The minimum Gasteiger partial charge on any atom is -0.345 e. The molecule has 0 aliphatic carbocycles. The molecule has 1 unspecified atom stereocenters. The van der Waals surface area contributed by atoms with Crippen molar-refractivity contribution >= 4 is 17.4 Å². The molecule has 2 heterocycles. The summed E-state index contributed by atoms with van der Waals surface area (Å²) in [5, 5.41) is 5.91. The van der Waals surface area contributed by atoms with Gasteiger partial charge in [-0.25, -0.2) is 9.37 Å². The van der Waals surface area contributed by atoms with Crippen LogP contribution in [0.5, 0.6) is 0 Å². The van der Waals surface area contributed by atoms with Gasteiger partial charge in [-0.1, -0.05) is 6.07 Å². The zero-order valence-electron chi connectivity index (χ0n) is 13.6. The summed E-state index contributed by atoms with van der Waals surface area (Å²) in [6.45, 7) is 1.89. The maximum atomic E-state index is 13.3. The summed E-state index contributed by atoms with van der Waals surface area (Å²) in [5.74, 6) is -0.262. The Labute approximate surface area is 145 Å². The number of nitrogens with zero attached hydrogens (tertiary/aromatic N) is 2. The third kappa shape index (κ3) is 4.17. The van der Waals surface area contributed by atoms with Crippen molar-refractivity contribution in [3.05, 3.63) is 84.1 Å². The number of aromatic nitrogens is 2. The van der Waals surface area contributed by atoms with Crippen molar-refractivity contribution in [2.24, 2.45) is 0 Å². The number of nitrogens with one attached hydrogen (secondary N) is 2. The van der Waals surface area contributed by atoms with Gasteiger partial charge in [-0.3, -0.25) is 9.78 Å². The molecule has 0 radical (unpaired) electrons. The van der Waals surface area contributed by atoms with E-state index in [0.717, 1.165) is 5.56 Å². The molecule has 6 heteroatoms. The molecule has 5 nitrogen and oxygen atoms in total. The molecular formula is C19H17FN4O. The number of halogens is 1. The number of amides is 1. The molecule has 1 aromatic carbocycles. The number of anilines is 2. The summed E-state index contributed by atoms with van der Waals surface area (Å²) >= 11 is 0. The highest BCUT2D eigenvalue weighted by molar-refractivity contribution is 5.99. The highest BCUT2D eigenvalue weighted by atomic mass is 19.1. The Hall–Kier alpha value is -3.28. The highest BCUT2D eigenvalue weighted by Crippen LogP contribution is 2.20. The van der Waals surface area contributed by atoms with Crippen LogP contribution in [0.25, 0.3) is 0 Å². The van der Waals surface area contributed by atoms with Gasteiger partial charge in [-0.2, -0.15) is 0 Å². The average molecular weight is 336 g/mol. The molecule has 0 fully saturated rings. The molecular weight excluding hydrogens is 319 g/mol. The van der Waals surface area contributed by atoms with Crippen molar-refractivity contribution in [3.63, 3.8) is 0 Å². The van der Waals surface area contributed by atoms with E-state index in [2.05, 4.69) is 20.6 Å². The smallest absolute Gasteiger partial charge is 0.255 e. The molecule has 2 aromatic heterocycles. The SMILES string of the molecule is CC(NC(=O)c1cccnc1Nc1cccc(F)c1)c1ccncc1. The molecule has 0 saturated carbocycles. The fourth-order valence-corrected chi connectivity index (χ4v) is 2.40. The average Bonchev–Trinajstić information content (AvgIpc) is 2.63. The van der Waals surface area contributed by atoms with Gasteiger partial charge in [0.15, 0.2) is 0 Å². The predicted molar refractivity (Wildman–Crippen MR) is 94.0 cm³/mol. The second-order valence-electron chi connectivity index (χ2n) is 5.51. The summed E-state index contributed by atoms with van der Waals surface area (Å²) in [7, 11) is 0. The second-order valence-corrected chi connectivity index (χ2v) is 5.51. The van der Waals surface area contributed by atoms with Crippen molar-refractivity contribution in [1.82, 2.24) is 15.3 Å². The van der Waals surface area contributed by atoms with Gasteiger partial charge in [0, 0.05) is 24.3 Å². The number of carbonyl (C=O) groups is 1. The molecule has 126 valence electrons. The third-order valence-electron chi connectivity index (χ3n) is 3.69. The van der Waals surface area contributed by atoms with Crippen molar-refractivity contribution in [1.29, 1.82) is 0 Å². The largest absolute Gasteiger partial charge is 0.345 e. The van der Waals surface area contributed by atoms with Crippen molar-refractivity contribution in [3.8, 4) is 0 Å². The molecule has 1 atom stereocenters. The molecule has 0 bridgehead atoms. The van der Waals surface area contributed by atoms with E-state index in [1.54, 1.807) is 42.9 Å². The summed E-state index contributed by atoms with van der Waals surface area (Å²) < 4.78 is 13.3. The first-order valence-electron chi connectivity index (χ1n) is 7.82. The fraction of sp³-hybridized carbons (Fsp3) is 0.105. The van der Waals surface area contributed by atoms with Gasteiger partial charge in [0.2, 0.25) is 0 Å². The molecule has 3 rings (SSSR count). The van der Waals surface area contributed by atoms with Gasteiger partial charge in [0.25, 0.3) is 5.91 Å². The monoisotopic (exact) mass is 336 g/mol. The minimum atomic E-state index is -0.363. The molecule has 0 saturated heterocycles. The number of rotatable bonds is 5. The lowest BCUT2D eigenvalue weighted by Gasteiger charge is -2.16. The summed E-state index contributed by atoms with van der Waals surface area (Å²) in [4.78, 5) is 20.8. The first-order valence-corrected chi connectivity index (χ1v) is 7.82. The topological polar surface area (TPSA) is 66.9 Å². The molecule has 25 heavy (non-hydrogen) atoms. The highest BCUT2D eigenvalue weighted by Gasteiger charge is 2.15. The maximum absolute atomic E-state index is 13.3. The van der Waals surface area contributed by atoms with E-state index >= 15 is 0 Å². The Balaban J connectivity index is 1.79. The van der Waals surface area contributed by atoms with Crippen molar-refractivity contribution in [2.75, 3.05) is 5.32 Å². The Morgan fingerprint density at radius 2 is 1.88 bits per heavy atom. The summed E-state index contributed by atoms with van der Waals surface area (Å²) in [5.41, 5.74) is 1.86. The lowest BCUT2D eigenvalue weighted by Crippen LogP contribution is -2.27. The summed E-state index contributed by atoms with van der Waals surface area (Å²) in [6.07, 6.45) is 4.93. The number of benzene rings is 1. The Morgan fingerprint density at radius 1 is 1.08 bits per heavy atom. The standard InChI is InChI=1S/C19H17FN4O/c1-13(14-7-10-21-11-8-14)23-19(25)17-6-3-9-22-18(17)24-16-5-2-4-15(20)12-16/h2-13H,1H3,(H,22,24)(H,23,25). The fourth-order valence-electron chi connectivity index (χ4n) is 2.40. The third-order valence-corrected chi connectivity index (χ3v) is 3.69. The van der Waals surface area contributed by atoms with E-state index in [-0.39, 0.29) is 17.8 Å². The predicted octanol–water partition coefficient (Wildman–Crippen LogP) is 3.85. The molecule has 1 amide bonds. The number of carbonyl (C=O) groups excluding carboxylic acids is 1. The molecule has 0 aliphatic rings. The summed E-state index contributed by atoms with van der Waals surface area (Å²) in [6, 6.07) is 12.9. The van der Waals surface area contributed by atoms with Crippen LogP contribution in [0, 0.1) is 5.82 Å². The second kappa shape index (κ2) is 7.53. The van der Waals surface area contributed by atoms with Crippen LogP contribution < -0.4 is 10.6 Å². The van der Waals surface area contributed by atoms with Crippen LogP contribution in [-0.4, -0.2) is 15.9 Å². The maximum Gasteiger partial charge on any atom is 0.255 e. The Kier molecular flexibility index (Phi) is 4.99. The van der Waals surface area contributed by atoms with Crippen LogP contribution in [0.15, 0.2) is 67.1 Å². The normalized spacial score (nSPS) is 11.6. The first kappa shape index (κ1) is 16.6. The number of hydrogen-bond donors (Lipinski definition) is 2. The van der Waals surface area contributed by atoms with Crippen molar-refractivity contribution < 1.29 is 9.18 Å². The molecule has 0 spiro atoms. The van der Waals surface area contributed by atoms with Gasteiger partial charge in [-0.15, -0.1) is 0 Å². The quantitative estimate of drug-likeness (QED) is 0.743.